The number of benzene rings is 1. The quantitative estimate of drug-likeness (QED) is 0.396. The minimum Gasteiger partial charge on any atom is -0.376 e. The van der Waals surface area contributed by atoms with Crippen molar-refractivity contribution in [1.82, 2.24) is 10.2 Å². The van der Waals surface area contributed by atoms with E-state index in [0.717, 1.165) is 37.0 Å². The van der Waals surface area contributed by atoms with Crippen LogP contribution in [0.5, 0.6) is 0 Å². The van der Waals surface area contributed by atoms with Gasteiger partial charge in [-0.15, -0.1) is 11.8 Å². The second-order valence-corrected chi connectivity index (χ2v) is 12.8. The number of hydrogen-bond donors (Lipinski definition) is 2. The molecule has 9 heteroatoms. The molecule has 4 aliphatic heterocycles. The Balaban J connectivity index is 1.29. The van der Waals surface area contributed by atoms with E-state index in [9.17, 15) is 14.4 Å². The number of ether oxygens (including phenoxy) is 2. The molecule has 6 rings (SSSR count). The summed E-state index contributed by atoms with van der Waals surface area (Å²) in [5.74, 6) is -1.22. The predicted octanol–water partition coefficient (Wildman–Crippen LogP) is 3.62. The molecule has 1 saturated carbocycles. The van der Waals surface area contributed by atoms with Crippen molar-refractivity contribution in [3.63, 3.8) is 0 Å². The van der Waals surface area contributed by atoms with Gasteiger partial charge in [0.25, 0.3) is 0 Å². The molecule has 0 aromatic heterocycles. The third-order valence-electron chi connectivity index (χ3n) is 9.72. The summed E-state index contributed by atoms with van der Waals surface area (Å²) in [6.45, 7) is 5.43. The smallest absolute Gasteiger partial charge is 0.246 e. The van der Waals surface area contributed by atoms with Crippen molar-refractivity contribution in [2.24, 2.45) is 23.7 Å². The molecule has 3 saturated heterocycles. The summed E-state index contributed by atoms with van der Waals surface area (Å²) < 4.78 is 12.4. The lowest BCUT2D eigenvalue weighted by molar-refractivity contribution is -0.143. The van der Waals surface area contributed by atoms with Gasteiger partial charge in [0.1, 0.15) is 11.6 Å². The van der Waals surface area contributed by atoms with Gasteiger partial charge in [-0.2, -0.15) is 0 Å². The molecule has 210 valence electrons. The minimum atomic E-state index is -1.16. The molecular formula is C30H39N3O5S. The van der Waals surface area contributed by atoms with E-state index in [-0.39, 0.29) is 29.9 Å². The Morgan fingerprint density at radius 3 is 2.77 bits per heavy atom. The van der Waals surface area contributed by atoms with Gasteiger partial charge in [0.2, 0.25) is 17.7 Å². The maximum atomic E-state index is 14.1. The maximum Gasteiger partial charge on any atom is 0.246 e. The van der Waals surface area contributed by atoms with Crippen LogP contribution in [0.15, 0.2) is 41.3 Å². The number of anilines is 1. The molecule has 0 radical (unpaired) electrons. The van der Waals surface area contributed by atoms with Crippen LogP contribution < -0.4 is 10.6 Å². The first-order valence-electron chi connectivity index (χ1n) is 14.4. The van der Waals surface area contributed by atoms with Crippen LogP contribution in [0.4, 0.5) is 5.69 Å². The SMILES string of the molecule is CSc1cccc(NC(=O)[C@@H]2[C@@H]3C=C[C@]4(O3)[C@@H]2C(=O)N(C[C@@H]2CCCO2)[C@H]4C(=O)N[C@@H]2CCC[C@H](C)[C@@H]2C)c1. The number of carbonyl (C=O) groups is 3. The summed E-state index contributed by atoms with van der Waals surface area (Å²) in [5, 5.41) is 6.33. The molecule has 39 heavy (non-hydrogen) atoms. The first-order chi connectivity index (χ1) is 18.8. The average Bonchev–Trinajstić information content (AvgIpc) is 3.70. The lowest BCUT2D eigenvalue weighted by Crippen LogP contribution is -2.58. The van der Waals surface area contributed by atoms with Crippen LogP contribution in [0, 0.1) is 23.7 Å². The molecule has 2 N–H and O–H groups in total. The minimum absolute atomic E-state index is 0.0572. The second kappa shape index (κ2) is 10.6. The van der Waals surface area contributed by atoms with Crippen LogP contribution in [0.1, 0.15) is 46.0 Å². The highest BCUT2D eigenvalue weighted by Gasteiger charge is 2.73. The highest BCUT2D eigenvalue weighted by Crippen LogP contribution is 2.55. The summed E-state index contributed by atoms with van der Waals surface area (Å²) >= 11 is 1.60. The molecule has 5 aliphatic rings. The topological polar surface area (TPSA) is 97.0 Å². The van der Waals surface area contributed by atoms with Gasteiger partial charge >= 0.3 is 0 Å². The van der Waals surface area contributed by atoms with E-state index < -0.39 is 29.6 Å². The van der Waals surface area contributed by atoms with Crippen LogP contribution in [0.25, 0.3) is 0 Å². The van der Waals surface area contributed by atoms with Crippen LogP contribution in [-0.2, 0) is 23.9 Å². The summed E-state index contributed by atoms with van der Waals surface area (Å²) in [7, 11) is 0. The van der Waals surface area contributed by atoms with Gasteiger partial charge < -0.3 is 25.0 Å². The molecule has 3 amide bonds. The summed E-state index contributed by atoms with van der Waals surface area (Å²) in [6, 6.07) is 6.88. The van der Waals surface area contributed by atoms with Crippen LogP contribution in [-0.4, -0.2) is 71.9 Å². The first kappa shape index (κ1) is 26.8. The summed E-state index contributed by atoms with van der Waals surface area (Å²) in [4.78, 5) is 44.6. The van der Waals surface area contributed by atoms with Crippen molar-refractivity contribution < 1.29 is 23.9 Å². The molecule has 9 atom stereocenters. The van der Waals surface area contributed by atoms with Gasteiger partial charge in [-0.25, -0.2) is 0 Å². The van der Waals surface area contributed by atoms with Gasteiger partial charge in [0, 0.05) is 29.8 Å². The van der Waals surface area contributed by atoms with Gasteiger partial charge in [0.05, 0.1) is 24.0 Å². The first-order valence-corrected chi connectivity index (χ1v) is 15.6. The maximum absolute atomic E-state index is 14.1. The fraction of sp³-hybridized carbons (Fsp3) is 0.633. The number of amides is 3. The van der Waals surface area contributed by atoms with E-state index in [1.54, 1.807) is 16.7 Å². The van der Waals surface area contributed by atoms with Crippen molar-refractivity contribution in [2.75, 3.05) is 24.7 Å². The molecule has 4 fully saturated rings. The molecule has 0 unspecified atom stereocenters. The Hall–Kier alpha value is -2.36. The summed E-state index contributed by atoms with van der Waals surface area (Å²) in [5.41, 5.74) is -0.471. The van der Waals surface area contributed by atoms with Crippen LogP contribution in [0.3, 0.4) is 0 Å². The number of rotatable bonds is 7. The number of hydrogen-bond acceptors (Lipinski definition) is 6. The normalized spacial score (nSPS) is 38.7. The number of nitrogens with zero attached hydrogens (tertiary/aromatic N) is 1. The van der Waals surface area contributed by atoms with Gasteiger partial charge in [-0.3, -0.25) is 14.4 Å². The third-order valence-corrected chi connectivity index (χ3v) is 10.4. The lowest BCUT2D eigenvalue weighted by atomic mass is 9.73. The van der Waals surface area contributed by atoms with E-state index in [1.807, 2.05) is 42.7 Å². The third kappa shape index (κ3) is 4.60. The van der Waals surface area contributed by atoms with Crippen molar-refractivity contribution in [3.05, 3.63) is 36.4 Å². The zero-order chi connectivity index (χ0) is 27.3. The largest absolute Gasteiger partial charge is 0.376 e. The Morgan fingerprint density at radius 2 is 2.00 bits per heavy atom. The highest BCUT2D eigenvalue weighted by atomic mass is 32.2. The lowest BCUT2D eigenvalue weighted by Gasteiger charge is -2.38. The van der Waals surface area contributed by atoms with E-state index in [4.69, 9.17) is 9.47 Å². The Bertz CT molecular complexity index is 1170. The molecular weight excluding hydrogens is 514 g/mol. The van der Waals surface area contributed by atoms with Crippen LogP contribution >= 0.6 is 11.8 Å². The zero-order valence-corrected chi connectivity index (χ0v) is 23.7. The van der Waals surface area contributed by atoms with Gasteiger partial charge in [-0.05, 0) is 55.6 Å². The number of fused-ring (bicyclic) bond motifs is 1. The molecule has 1 aromatic carbocycles. The molecule has 1 spiro atoms. The van der Waals surface area contributed by atoms with Crippen molar-refractivity contribution in [3.8, 4) is 0 Å². The van der Waals surface area contributed by atoms with Crippen molar-refractivity contribution >= 4 is 35.2 Å². The Kier molecular flexibility index (Phi) is 7.27. The fourth-order valence-electron chi connectivity index (χ4n) is 7.45. The van der Waals surface area contributed by atoms with E-state index in [0.29, 0.717) is 30.7 Å². The highest BCUT2D eigenvalue weighted by molar-refractivity contribution is 7.98. The standard InChI is InChI=1S/C30H39N3O5S/c1-17-7-4-11-22(18(17)2)32-28(35)26-30-13-12-23(38-30)24(27(34)31-19-8-5-10-21(15-19)39-3)25(30)29(36)33(26)16-20-9-6-14-37-20/h5,8,10,12-13,15,17-18,20,22-26H,4,6-7,9,11,14,16H2,1-3H3,(H,31,34)(H,32,35)/t17-,18-,20-,22+,23-,24+,25-,26-,30-/m0/s1. The second-order valence-electron chi connectivity index (χ2n) is 11.9. The molecule has 8 nitrogen and oxygen atoms in total. The zero-order valence-electron chi connectivity index (χ0n) is 22.9. The molecule has 2 bridgehead atoms. The van der Waals surface area contributed by atoms with E-state index in [1.165, 1.54) is 0 Å². The predicted molar refractivity (Wildman–Crippen MR) is 149 cm³/mol. The van der Waals surface area contributed by atoms with E-state index >= 15 is 0 Å². The molecule has 1 aromatic rings. The number of thioether (sulfide) groups is 1. The van der Waals surface area contributed by atoms with E-state index in [2.05, 4.69) is 24.5 Å². The summed E-state index contributed by atoms with van der Waals surface area (Å²) in [6.07, 6.45) is 10.0. The van der Waals surface area contributed by atoms with Crippen LogP contribution in [0.2, 0.25) is 0 Å². The monoisotopic (exact) mass is 553 g/mol. The fourth-order valence-corrected chi connectivity index (χ4v) is 7.90. The molecule has 1 aliphatic carbocycles. The Labute approximate surface area is 234 Å². The van der Waals surface area contributed by atoms with Gasteiger partial charge in [-0.1, -0.05) is 44.9 Å². The Morgan fingerprint density at radius 1 is 1.15 bits per heavy atom. The van der Waals surface area contributed by atoms with Crippen molar-refractivity contribution in [2.45, 2.75) is 80.7 Å². The van der Waals surface area contributed by atoms with Gasteiger partial charge in [0.15, 0.2) is 0 Å². The number of nitrogens with one attached hydrogen (secondary N) is 2. The number of carbonyl (C=O) groups excluding carboxylic acids is 3. The molecule has 4 heterocycles. The average molecular weight is 554 g/mol. The van der Waals surface area contributed by atoms with Crippen molar-refractivity contribution in [1.29, 1.82) is 0 Å². The number of likely N-dealkylation sites (tertiary alicyclic amines) is 1.